The summed E-state index contributed by atoms with van der Waals surface area (Å²) in [6.45, 7) is 6.27. The molecule has 0 bridgehead atoms. The topological polar surface area (TPSA) is 52.1 Å². The Morgan fingerprint density at radius 2 is 1.89 bits per heavy atom. The van der Waals surface area contributed by atoms with Crippen LogP contribution in [0.25, 0.3) is 0 Å². The zero-order valence-corrected chi connectivity index (χ0v) is 12.8. The van der Waals surface area contributed by atoms with Gasteiger partial charge in [-0.05, 0) is 39.7 Å². The van der Waals surface area contributed by atoms with E-state index in [9.17, 15) is 4.79 Å². The second kappa shape index (κ2) is 8.91. The maximum absolute atomic E-state index is 11.1. The van der Waals surface area contributed by atoms with Crippen LogP contribution in [0.4, 0.5) is 0 Å². The quantitative estimate of drug-likeness (QED) is 0.317. The largest absolute Gasteiger partial charge is 0.466 e. The minimum Gasteiger partial charge on any atom is -0.466 e. The number of aryl methyl sites for hydroxylation is 2. The normalized spacial score (nSPS) is 10.5. The lowest BCUT2D eigenvalue weighted by Gasteiger charge is -2.03. The molecule has 1 aromatic heterocycles. The van der Waals surface area contributed by atoms with Gasteiger partial charge in [-0.3, -0.25) is 4.79 Å². The van der Waals surface area contributed by atoms with Crippen LogP contribution in [-0.2, 0) is 9.53 Å². The van der Waals surface area contributed by atoms with E-state index >= 15 is 0 Å². The Hall–Kier alpha value is -1.10. The van der Waals surface area contributed by atoms with Crippen LogP contribution in [0.15, 0.2) is 11.2 Å². The molecule has 1 rings (SSSR count). The fourth-order valence-electron chi connectivity index (χ4n) is 1.70. The molecule has 0 spiro atoms. The van der Waals surface area contributed by atoms with Crippen LogP contribution in [0, 0.1) is 13.8 Å². The number of carbonyl (C=O) groups is 1. The molecular weight excluding hydrogens is 260 g/mol. The van der Waals surface area contributed by atoms with Gasteiger partial charge in [0.2, 0.25) is 0 Å². The highest BCUT2D eigenvalue weighted by Gasteiger charge is 2.02. The number of ether oxygens (including phenoxy) is 1. The van der Waals surface area contributed by atoms with Crippen molar-refractivity contribution in [2.75, 3.05) is 12.4 Å². The average molecular weight is 282 g/mol. The number of hydrogen-bond acceptors (Lipinski definition) is 5. The third kappa shape index (κ3) is 7.15. The number of carbonyl (C=O) groups excluding carboxylic acids is 1. The van der Waals surface area contributed by atoms with E-state index in [1.54, 1.807) is 11.8 Å². The van der Waals surface area contributed by atoms with Gasteiger partial charge in [-0.1, -0.05) is 18.2 Å². The molecule has 0 saturated carbocycles. The van der Waals surface area contributed by atoms with Crippen molar-refractivity contribution in [1.29, 1.82) is 0 Å². The number of hydrogen-bond donors (Lipinski definition) is 0. The molecule has 4 nitrogen and oxygen atoms in total. The number of rotatable bonds is 8. The number of esters is 1. The van der Waals surface area contributed by atoms with E-state index in [-0.39, 0.29) is 5.97 Å². The van der Waals surface area contributed by atoms with E-state index in [1.807, 2.05) is 26.8 Å². The van der Waals surface area contributed by atoms with Gasteiger partial charge in [0.05, 0.1) is 6.61 Å². The molecule has 0 amide bonds. The predicted molar refractivity (Wildman–Crippen MR) is 77.3 cm³/mol. The first-order chi connectivity index (χ1) is 9.11. The van der Waals surface area contributed by atoms with Crippen LogP contribution in [0.1, 0.15) is 44.0 Å². The second-order valence-corrected chi connectivity index (χ2v) is 5.46. The van der Waals surface area contributed by atoms with E-state index in [0.717, 1.165) is 41.6 Å². The lowest BCUT2D eigenvalue weighted by Crippen LogP contribution is -2.03. The molecule has 0 aliphatic carbocycles. The van der Waals surface area contributed by atoms with E-state index in [0.29, 0.717) is 13.0 Å². The van der Waals surface area contributed by atoms with Crippen LogP contribution in [-0.4, -0.2) is 28.3 Å². The molecule has 0 N–H and O–H groups in total. The van der Waals surface area contributed by atoms with Crippen molar-refractivity contribution < 1.29 is 9.53 Å². The highest BCUT2D eigenvalue weighted by Crippen LogP contribution is 2.16. The molecular formula is C14H22N2O2S. The van der Waals surface area contributed by atoms with Gasteiger partial charge in [-0.2, -0.15) is 0 Å². The van der Waals surface area contributed by atoms with Crippen LogP contribution >= 0.6 is 11.8 Å². The van der Waals surface area contributed by atoms with Crippen LogP contribution in [0.5, 0.6) is 0 Å². The summed E-state index contributed by atoms with van der Waals surface area (Å²) >= 11 is 1.68. The Kier molecular flexibility index (Phi) is 7.48. The van der Waals surface area contributed by atoms with Gasteiger partial charge in [-0.25, -0.2) is 9.97 Å². The molecule has 1 aromatic rings. The van der Waals surface area contributed by atoms with Crippen molar-refractivity contribution in [2.45, 2.75) is 51.6 Å². The number of nitrogens with zero attached hydrogens (tertiary/aromatic N) is 2. The summed E-state index contributed by atoms with van der Waals surface area (Å²) in [6.07, 6.45) is 3.53. The number of thioether (sulfide) groups is 1. The fourth-order valence-corrected chi connectivity index (χ4v) is 2.65. The van der Waals surface area contributed by atoms with Crippen LogP contribution < -0.4 is 0 Å². The zero-order chi connectivity index (χ0) is 14.1. The average Bonchev–Trinajstić information content (AvgIpc) is 2.32. The van der Waals surface area contributed by atoms with Crippen molar-refractivity contribution in [2.24, 2.45) is 0 Å². The first-order valence-electron chi connectivity index (χ1n) is 6.72. The lowest BCUT2D eigenvalue weighted by molar-refractivity contribution is -0.143. The maximum atomic E-state index is 11.1. The van der Waals surface area contributed by atoms with Crippen molar-refractivity contribution in [3.8, 4) is 0 Å². The summed E-state index contributed by atoms with van der Waals surface area (Å²) in [5, 5.41) is 0.850. The lowest BCUT2D eigenvalue weighted by atomic mass is 10.2. The summed E-state index contributed by atoms with van der Waals surface area (Å²) in [5.41, 5.74) is 2.02. The summed E-state index contributed by atoms with van der Waals surface area (Å²) in [4.78, 5) is 19.9. The molecule has 0 aliphatic heterocycles. The standard InChI is InChI=1S/C14H22N2O2S/c1-4-18-13(17)8-6-5-7-9-19-14-15-11(2)10-12(3)16-14/h10H,4-9H2,1-3H3. The van der Waals surface area contributed by atoms with Crippen molar-refractivity contribution in [1.82, 2.24) is 9.97 Å². The smallest absolute Gasteiger partial charge is 0.305 e. The van der Waals surface area contributed by atoms with Crippen molar-refractivity contribution >= 4 is 17.7 Å². The molecule has 19 heavy (non-hydrogen) atoms. The maximum Gasteiger partial charge on any atom is 0.305 e. The molecule has 106 valence electrons. The molecule has 0 radical (unpaired) electrons. The molecule has 1 heterocycles. The van der Waals surface area contributed by atoms with Gasteiger partial charge < -0.3 is 4.74 Å². The van der Waals surface area contributed by atoms with E-state index in [2.05, 4.69) is 9.97 Å². The second-order valence-electron chi connectivity index (χ2n) is 4.40. The van der Waals surface area contributed by atoms with E-state index in [1.165, 1.54) is 0 Å². The Balaban J connectivity index is 2.12. The molecule has 0 unspecified atom stereocenters. The van der Waals surface area contributed by atoms with Crippen molar-refractivity contribution in [3.05, 3.63) is 17.5 Å². The minimum absolute atomic E-state index is 0.0900. The molecule has 5 heteroatoms. The Morgan fingerprint density at radius 1 is 1.21 bits per heavy atom. The monoisotopic (exact) mass is 282 g/mol. The highest BCUT2D eigenvalue weighted by molar-refractivity contribution is 7.99. The number of aromatic nitrogens is 2. The van der Waals surface area contributed by atoms with Gasteiger partial charge >= 0.3 is 5.97 Å². The predicted octanol–water partition coefficient (Wildman–Crippen LogP) is 3.31. The van der Waals surface area contributed by atoms with Gasteiger partial charge in [0.25, 0.3) is 0 Å². The third-order valence-electron chi connectivity index (χ3n) is 2.52. The van der Waals surface area contributed by atoms with E-state index < -0.39 is 0 Å². The van der Waals surface area contributed by atoms with Gasteiger partial charge in [0, 0.05) is 23.6 Å². The van der Waals surface area contributed by atoms with Crippen LogP contribution in [0.2, 0.25) is 0 Å². The van der Waals surface area contributed by atoms with Gasteiger partial charge in [-0.15, -0.1) is 0 Å². The molecule has 0 aromatic carbocycles. The van der Waals surface area contributed by atoms with Crippen LogP contribution in [0.3, 0.4) is 0 Å². The Bertz CT molecular complexity index is 390. The first kappa shape index (κ1) is 16.0. The summed E-state index contributed by atoms with van der Waals surface area (Å²) in [6, 6.07) is 1.98. The minimum atomic E-state index is -0.0900. The summed E-state index contributed by atoms with van der Waals surface area (Å²) < 4.78 is 4.88. The molecule has 0 saturated heterocycles. The van der Waals surface area contributed by atoms with Gasteiger partial charge in [0.15, 0.2) is 5.16 Å². The SMILES string of the molecule is CCOC(=O)CCCCCSc1nc(C)cc(C)n1. The Labute approximate surface area is 119 Å². The fraction of sp³-hybridized carbons (Fsp3) is 0.643. The summed E-state index contributed by atoms with van der Waals surface area (Å²) in [5.74, 6) is 0.902. The summed E-state index contributed by atoms with van der Waals surface area (Å²) in [7, 11) is 0. The molecule has 0 aliphatic rings. The van der Waals surface area contributed by atoms with Crippen molar-refractivity contribution in [3.63, 3.8) is 0 Å². The molecule has 0 fully saturated rings. The molecule has 0 atom stereocenters. The van der Waals surface area contributed by atoms with E-state index in [4.69, 9.17) is 4.74 Å². The van der Waals surface area contributed by atoms with Gasteiger partial charge in [0.1, 0.15) is 0 Å². The Morgan fingerprint density at radius 3 is 2.53 bits per heavy atom. The number of unbranched alkanes of at least 4 members (excludes halogenated alkanes) is 2. The highest BCUT2D eigenvalue weighted by atomic mass is 32.2. The zero-order valence-electron chi connectivity index (χ0n) is 11.9. The third-order valence-corrected chi connectivity index (χ3v) is 3.46. The first-order valence-corrected chi connectivity index (χ1v) is 7.71.